The highest BCUT2D eigenvalue weighted by molar-refractivity contribution is 6.05. The van der Waals surface area contributed by atoms with Crippen LogP contribution < -0.4 is 16.4 Å². The Morgan fingerprint density at radius 1 is 1.12 bits per heavy atom. The number of imide groups is 1. The fourth-order valence-electron chi connectivity index (χ4n) is 5.47. The van der Waals surface area contributed by atoms with Crippen molar-refractivity contribution in [2.75, 3.05) is 0 Å². The number of carbonyl (C=O) groups is 3. The molecule has 3 aliphatic rings. The molecule has 0 radical (unpaired) electrons. The SMILES string of the molecule is CC(C)C(N)C(NCc1ccc2c(c1)C(=O)N(C1CCC(=O)NC1=O)C2)C1CCCCC1. The number of nitrogens with zero attached hydrogens (tertiary/aromatic N) is 1. The Labute approximate surface area is 190 Å². The molecule has 2 fully saturated rings. The molecule has 174 valence electrons. The van der Waals surface area contributed by atoms with E-state index in [9.17, 15) is 14.4 Å². The Bertz CT molecular complexity index is 878. The molecule has 0 aromatic heterocycles. The monoisotopic (exact) mass is 440 g/mol. The van der Waals surface area contributed by atoms with Crippen molar-refractivity contribution in [2.24, 2.45) is 17.6 Å². The number of fused-ring (bicyclic) bond motifs is 1. The minimum absolute atomic E-state index is 0.0946. The zero-order valence-electron chi connectivity index (χ0n) is 19.2. The molecular formula is C25H36N4O3. The van der Waals surface area contributed by atoms with Gasteiger partial charge in [-0.05, 0) is 48.3 Å². The number of nitrogens with one attached hydrogen (secondary N) is 2. The molecule has 1 aromatic rings. The molecule has 1 saturated carbocycles. The average Bonchev–Trinajstić information content (AvgIpc) is 3.10. The van der Waals surface area contributed by atoms with E-state index in [1.807, 2.05) is 12.1 Å². The Kier molecular flexibility index (Phi) is 6.96. The third-order valence-electron chi connectivity index (χ3n) is 7.48. The summed E-state index contributed by atoms with van der Waals surface area (Å²) in [6.45, 7) is 5.44. The first kappa shape index (κ1) is 22.9. The summed E-state index contributed by atoms with van der Waals surface area (Å²) in [6, 6.07) is 5.79. The predicted molar refractivity (Wildman–Crippen MR) is 123 cm³/mol. The Morgan fingerprint density at radius 3 is 2.56 bits per heavy atom. The lowest BCUT2D eigenvalue weighted by Gasteiger charge is -2.36. The zero-order chi connectivity index (χ0) is 22.8. The van der Waals surface area contributed by atoms with Gasteiger partial charge in [-0.3, -0.25) is 19.7 Å². The van der Waals surface area contributed by atoms with E-state index in [0.717, 1.165) is 11.1 Å². The number of carbonyl (C=O) groups excluding carboxylic acids is 3. The summed E-state index contributed by atoms with van der Waals surface area (Å²) in [5.41, 5.74) is 9.26. The summed E-state index contributed by atoms with van der Waals surface area (Å²) in [6.07, 6.45) is 6.97. The van der Waals surface area contributed by atoms with E-state index in [1.54, 1.807) is 4.90 Å². The lowest BCUT2D eigenvalue weighted by Crippen LogP contribution is -2.52. The van der Waals surface area contributed by atoms with Crippen LogP contribution in [0.2, 0.25) is 0 Å². The van der Waals surface area contributed by atoms with Crippen molar-refractivity contribution in [3.8, 4) is 0 Å². The zero-order valence-corrected chi connectivity index (χ0v) is 19.2. The molecule has 1 aromatic carbocycles. The second kappa shape index (κ2) is 9.71. The van der Waals surface area contributed by atoms with Crippen LogP contribution in [-0.4, -0.2) is 40.7 Å². The minimum Gasteiger partial charge on any atom is -0.326 e. The van der Waals surface area contributed by atoms with Crippen LogP contribution in [0.3, 0.4) is 0 Å². The van der Waals surface area contributed by atoms with Crippen molar-refractivity contribution in [3.05, 3.63) is 34.9 Å². The van der Waals surface area contributed by atoms with Gasteiger partial charge in [0.2, 0.25) is 11.8 Å². The summed E-state index contributed by atoms with van der Waals surface area (Å²) in [5, 5.41) is 6.08. The van der Waals surface area contributed by atoms with E-state index in [-0.39, 0.29) is 36.2 Å². The molecule has 7 heteroatoms. The summed E-state index contributed by atoms with van der Waals surface area (Å²) in [7, 11) is 0. The standard InChI is InChI=1S/C25H36N4O3/c1-15(2)22(26)23(17-6-4-3-5-7-17)27-13-16-8-9-18-14-29(25(32)19(18)12-16)20-10-11-21(30)28-24(20)31/h8-9,12,15,17,20,22-23,27H,3-7,10-11,13-14,26H2,1-2H3,(H,28,30,31). The fourth-order valence-corrected chi connectivity index (χ4v) is 5.47. The molecule has 4 rings (SSSR count). The van der Waals surface area contributed by atoms with Crippen LogP contribution in [-0.2, 0) is 22.7 Å². The van der Waals surface area contributed by atoms with Gasteiger partial charge in [-0.15, -0.1) is 0 Å². The van der Waals surface area contributed by atoms with Crippen molar-refractivity contribution in [3.63, 3.8) is 0 Å². The van der Waals surface area contributed by atoms with Crippen LogP contribution in [0.25, 0.3) is 0 Å². The van der Waals surface area contributed by atoms with Gasteiger partial charge < -0.3 is 16.0 Å². The van der Waals surface area contributed by atoms with Gasteiger partial charge in [0.05, 0.1) is 0 Å². The largest absolute Gasteiger partial charge is 0.326 e. The van der Waals surface area contributed by atoms with Crippen LogP contribution >= 0.6 is 0 Å². The van der Waals surface area contributed by atoms with E-state index in [4.69, 9.17) is 5.73 Å². The third kappa shape index (κ3) is 4.74. The van der Waals surface area contributed by atoms with Crippen molar-refractivity contribution < 1.29 is 14.4 Å². The Balaban J connectivity index is 1.44. The number of benzene rings is 1. The topological polar surface area (TPSA) is 105 Å². The number of rotatable bonds is 7. The first-order valence-electron chi connectivity index (χ1n) is 12.1. The van der Waals surface area contributed by atoms with Gasteiger partial charge in [-0.1, -0.05) is 45.2 Å². The lowest BCUT2D eigenvalue weighted by molar-refractivity contribution is -0.136. The fraction of sp³-hybridized carbons (Fsp3) is 0.640. The molecule has 1 aliphatic carbocycles. The molecule has 1 saturated heterocycles. The molecule has 4 N–H and O–H groups in total. The van der Waals surface area contributed by atoms with E-state index < -0.39 is 6.04 Å². The number of amides is 3. The molecule has 3 amide bonds. The molecular weight excluding hydrogens is 404 g/mol. The normalized spacial score (nSPS) is 23.9. The van der Waals surface area contributed by atoms with E-state index in [2.05, 4.69) is 30.5 Å². The highest BCUT2D eigenvalue weighted by Crippen LogP contribution is 2.30. The molecule has 0 bridgehead atoms. The van der Waals surface area contributed by atoms with Crippen LogP contribution in [0, 0.1) is 11.8 Å². The van der Waals surface area contributed by atoms with Crippen LogP contribution in [0.15, 0.2) is 18.2 Å². The van der Waals surface area contributed by atoms with Crippen molar-refractivity contribution in [1.82, 2.24) is 15.5 Å². The number of nitrogens with two attached hydrogens (primary N) is 1. The van der Waals surface area contributed by atoms with Crippen molar-refractivity contribution in [1.29, 1.82) is 0 Å². The molecule has 3 unspecified atom stereocenters. The van der Waals surface area contributed by atoms with Gasteiger partial charge in [0, 0.05) is 37.2 Å². The van der Waals surface area contributed by atoms with Gasteiger partial charge in [0.1, 0.15) is 6.04 Å². The highest BCUT2D eigenvalue weighted by Gasteiger charge is 2.39. The minimum atomic E-state index is -0.575. The van der Waals surface area contributed by atoms with E-state index in [1.165, 1.54) is 32.1 Å². The molecule has 0 spiro atoms. The predicted octanol–water partition coefficient (Wildman–Crippen LogP) is 2.47. The van der Waals surface area contributed by atoms with Gasteiger partial charge in [-0.25, -0.2) is 0 Å². The molecule has 2 aliphatic heterocycles. The Hall–Kier alpha value is -2.25. The van der Waals surface area contributed by atoms with Crippen LogP contribution in [0.1, 0.15) is 80.3 Å². The third-order valence-corrected chi connectivity index (χ3v) is 7.48. The van der Waals surface area contributed by atoms with Crippen LogP contribution in [0.5, 0.6) is 0 Å². The summed E-state index contributed by atoms with van der Waals surface area (Å²) < 4.78 is 0. The number of hydrogen-bond donors (Lipinski definition) is 3. The molecule has 7 nitrogen and oxygen atoms in total. The second-order valence-electron chi connectivity index (χ2n) is 10.0. The summed E-state index contributed by atoms with van der Waals surface area (Å²) >= 11 is 0. The van der Waals surface area contributed by atoms with Gasteiger partial charge in [-0.2, -0.15) is 0 Å². The average molecular weight is 441 g/mol. The quantitative estimate of drug-likeness (QED) is 0.565. The summed E-state index contributed by atoms with van der Waals surface area (Å²) in [5.74, 6) is 0.232. The first-order valence-corrected chi connectivity index (χ1v) is 12.1. The maximum Gasteiger partial charge on any atom is 0.255 e. The highest BCUT2D eigenvalue weighted by atomic mass is 16.2. The first-order chi connectivity index (χ1) is 15.3. The maximum atomic E-state index is 13.1. The second-order valence-corrected chi connectivity index (χ2v) is 10.0. The van der Waals surface area contributed by atoms with Crippen molar-refractivity contribution in [2.45, 2.75) is 90.0 Å². The lowest BCUT2D eigenvalue weighted by atomic mass is 9.78. The van der Waals surface area contributed by atoms with Gasteiger partial charge in [0.15, 0.2) is 0 Å². The number of piperidine rings is 1. The maximum absolute atomic E-state index is 13.1. The van der Waals surface area contributed by atoms with Crippen LogP contribution in [0.4, 0.5) is 0 Å². The summed E-state index contributed by atoms with van der Waals surface area (Å²) in [4.78, 5) is 38.4. The van der Waals surface area contributed by atoms with Crippen molar-refractivity contribution >= 4 is 17.7 Å². The Morgan fingerprint density at radius 2 is 1.88 bits per heavy atom. The smallest absolute Gasteiger partial charge is 0.255 e. The number of hydrogen-bond acceptors (Lipinski definition) is 5. The van der Waals surface area contributed by atoms with E-state index >= 15 is 0 Å². The molecule has 2 heterocycles. The van der Waals surface area contributed by atoms with Gasteiger partial charge in [0.25, 0.3) is 5.91 Å². The molecule has 3 atom stereocenters. The van der Waals surface area contributed by atoms with Gasteiger partial charge >= 0.3 is 0 Å². The van der Waals surface area contributed by atoms with E-state index in [0.29, 0.717) is 36.9 Å². The molecule has 32 heavy (non-hydrogen) atoms.